The van der Waals surface area contributed by atoms with Gasteiger partial charge in [-0.1, -0.05) is 12.1 Å². The first-order chi connectivity index (χ1) is 9.70. The SMILES string of the molecule is Cc1ccc(C)c(S(=O)(=O)NCCC2CCS(=O)(=O)C2)c1. The highest BCUT2D eigenvalue weighted by molar-refractivity contribution is 7.91. The van der Waals surface area contributed by atoms with Gasteiger partial charge in [0.15, 0.2) is 9.84 Å². The summed E-state index contributed by atoms with van der Waals surface area (Å²) in [5.74, 6) is 0.468. The lowest BCUT2D eigenvalue weighted by Gasteiger charge is -2.12. The first-order valence-electron chi connectivity index (χ1n) is 6.97. The summed E-state index contributed by atoms with van der Waals surface area (Å²) < 4.78 is 49.9. The first-order valence-corrected chi connectivity index (χ1v) is 10.3. The van der Waals surface area contributed by atoms with Crippen LogP contribution in [0.15, 0.2) is 23.1 Å². The number of aryl methyl sites for hydroxylation is 2. The van der Waals surface area contributed by atoms with Gasteiger partial charge < -0.3 is 0 Å². The number of hydrogen-bond donors (Lipinski definition) is 1. The van der Waals surface area contributed by atoms with Crippen LogP contribution in [0.3, 0.4) is 0 Å². The molecule has 2 rings (SSSR count). The number of benzene rings is 1. The van der Waals surface area contributed by atoms with Gasteiger partial charge in [-0.05, 0) is 49.8 Å². The molecule has 1 aromatic rings. The molecule has 1 N–H and O–H groups in total. The van der Waals surface area contributed by atoms with Gasteiger partial charge in [-0.3, -0.25) is 0 Å². The van der Waals surface area contributed by atoms with E-state index < -0.39 is 19.9 Å². The molecule has 1 aliphatic rings. The van der Waals surface area contributed by atoms with Crippen molar-refractivity contribution in [2.75, 3.05) is 18.1 Å². The van der Waals surface area contributed by atoms with Crippen molar-refractivity contribution in [2.24, 2.45) is 5.92 Å². The van der Waals surface area contributed by atoms with Crippen LogP contribution in [0, 0.1) is 19.8 Å². The van der Waals surface area contributed by atoms with Crippen molar-refractivity contribution in [3.63, 3.8) is 0 Å². The molecule has 1 aliphatic heterocycles. The Balaban J connectivity index is 1.97. The van der Waals surface area contributed by atoms with Crippen molar-refractivity contribution >= 4 is 19.9 Å². The van der Waals surface area contributed by atoms with Crippen LogP contribution in [-0.2, 0) is 19.9 Å². The lowest BCUT2D eigenvalue weighted by atomic mass is 10.1. The molecule has 5 nitrogen and oxygen atoms in total. The van der Waals surface area contributed by atoms with Crippen LogP contribution >= 0.6 is 0 Å². The third-order valence-electron chi connectivity index (χ3n) is 3.80. The molecule has 7 heteroatoms. The third-order valence-corrected chi connectivity index (χ3v) is 7.24. The van der Waals surface area contributed by atoms with Crippen molar-refractivity contribution < 1.29 is 16.8 Å². The average molecular weight is 331 g/mol. The maximum atomic E-state index is 12.3. The smallest absolute Gasteiger partial charge is 0.229 e. The molecule has 0 spiro atoms. The van der Waals surface area contributed by atoms with E-state index in [1.165, 1.54) is 0 Å². The maximum Gasteiger partial charge on any atom is 0.240 e. The largest absolute Gasteiger partial charge is 0.240 e. The molecule has 21 heavy (non-hydrogen) atoms. The minimum Gasteiger partial charge on any atom is -0.229 e. The highest BCUT2D eigenvalue weighted by Crippen LogP contribution is 2.21. The molecule has 1 unspecified atom stereocenters. The molecule has 1 saturated heterocycles. The molecular formula is C14H21NO4S2. The summed E-state index contributed by atoms with van der Waals surface area (Å²) in [6, 6.07) is 5.31. The Labute approximate surface area is 126 Å². The Morgan fingerprint density at radius 3 is 2.62 bits per heavy atom. The number of rotatable bonds is 5. The van der Waals surface area contributed by atoms with E-state index in [9.17, 15) is 16.8 Å². The molecule has 0 amide bonds. The number of sulfone groups is 1. The zero-order valence-corrected chi connectivity index (χ0v) is 13.9. The van der Waals surface area contributed by atoms with E-state index in [0.29, 0.717) is 23.3 Å². The summed E-state index contributed by atoms with van der Waals surface area (Å²) in [5.41, 5.74) is 1.60. The van der Waals surface area contributed by atoms with E-state index in [1.807, 2.05) is 13.0 Å². The lowest BCUT2D eigenvalue weighted by Crippen LogP contribution is -2.27. The van der Waals surface area contributed by atoms with Crippen molar-refractivity contribution in [1.82, 2.24) is 4.72 Å². The van der Waals surface area contributed by atoms with E-state index in [2.05, 4.69) is 4.72 Å². The predicted molar refractivity (Wildman–Crippen MR) is 82.5 cm³/mol. The van der Waals surface area contributed by atoms with Gasteiger partial charge in [0, 0.05) is 6.54 Å². The third kappa shape index (κ3) is 4.28. The van der Waals surface area contributed by atoms with Crippen LogP contribution in [-0.4, -0.2) is 34.9 Å². The van der Waals surface area contributed by atoms with Gasteiger partial charge in [-0.15, -0.1) is 0 Å². The fraction of sp³-hybridized carbons (Fsp3) is 0.571. The van der Waals surface area contributed by atoms with Crippen LogP contribution in [0.5, 0.6) is 0 Å². The molecule has 1 heterocycles. The minimum absolute atomic E-state index is 0.0660. The monoisotopic (exact) mass is 331 g/mol. The van der Waals surface area contributed by atoms with E-state index in [-0.39, 0.29) is 24.0 Å². The Morgan fingerprint density at radius 2 is 2.00 bits per heavy atom. The second-order valence-corrected chi connectivity index (χ2v) is 9.69. The number of hydrogen-bond acceptors (Lipinski definition) is 4. The van der Waals surface area contributed by atoms with Gasteiger partial charge >= 0.3 is 0 Å². The Kier molecular flexibility index (Phi) is 4.75. The predicted octanol–water partition coefficient (Wildman–Crippen LogP) is 1.41. The summed E-state index contributed by atoms with van der Waals surface area (Å²) in [6.07, 6.45) is 1.19. The topological polar surface area (TPSA) is 80.3 Å². The highest BCUT2D eigenvalue weighted by atomic mass is 32.2. The average Bonchev–Trinajstić information content (AvgIpc) is 2.71. The summed E-state index contributed by atoms with van der Waals surface area (Å²) >= 11 is 0. The standard InChI is InChI=1S/C14H21NO4S2/c1-11-3-4-12(2)14(9-11)21(18,19)15-7-5-13-6-8-20(16,17)10-13/h3-4,9,13,15H,5-8,10H2,1-2H3. The molecule has 0 bridgehead atoms. The minimum atomic E-state index is -3.53. The van der Waals surface area contributed by atoms with Gasteiger partial charge in [0.2, 0.25) is 10.0 Å². The Bertz CT molecular complexity index is 723. The van der Waals surface area contributed by atoms with Gasteiger partial charge in [-0.2, -0.15) is 0 Å². The summed E-state index contributed by atoms with van der Waals surface area (Å²) in [5, 5.41) is 0. The Morgan fingerprint density at radius 1 is 1.29 bits per heavy atom. The van der Waals surface area contributed by atoms with Crippen LogP contribution in [0.2, 0.25) is 0 Å². The molecule has 0 radical (unpaired) electrons. The fourth-order valence-corrected chi connectivity index (χ4v) is 5.86. The molecule has 1 atom stereocenters. The lowest BCUT2D eigenvalue weighted by molar-refractivity contribution is 0.527. The van der Waals surface area contributed by atoms with Crippen LogP contribution in [0.1, 0.15) is 24.0 Å². The molecule has 1 fully saturated rings. The van der Waals surface area contributed by atoms with E-state index in [0.717, 1.165) is 5.56 Å². The van der Waals surface area contributed by atoms with Crippen molar-refractivity contribution in [1.29, 1.82) is 0 Å². The summed E-state index contributed by atoms with van der Waals surface area (Å²) in [6.45, 7) is 3.88. The molecule has 1 aromatic carbocycles. The summed E-state index contributed by atoms with van der Waals surface area (Å²) in [7, 11) is -6.44. The van der Waals surface area contributed by atoms with E-state index in [1.54, 1.807) is 19.1 Å². The second kappa shape index (κ2) is 6.06. The first kappa shape index (κ1) is 16.5. The number of nitrogens with one attached hydrogen (secondary N) is 1. The van der Waals surface area contributed by atoms with Crippen molar-refractivity contribution in [3.8, 4) is 0 Å². The molecular weight excluding hydrogens is 310 g/mol. The molecule has 118 valence electrons. The van der Waals surface area contributed by atoms with Crippen LogP contribution < -0.4 is 4.72 Å². The molecule has 0 saturated carbocycles. The maximum absolute atomic E-state index is 12.3. The number of sulfonamides is 1. The zero-order valence-electron chi connectivity index (χ0n) is 12.3. The Hall–Kier alpha value is -0.920. The normalized spacial score (nSPS) is 21.5. The quantitative estimate of drug-likeness (QED) is 0.884. The zero-order chi connectivity index (χ0) is 15.7. The van der Waals surface area contributed by atoms with Gasteiger partial charge in [0.25, 0.3) is 0 Å². The highest BCUT2D eigenvalue weighted by Gasteiger charge is 2.27. The van der Waals surface area contributed by atoms with Crippen LogP contribution in [0.4, 0.5) is 0 Å². The van der Waals surface area contributed by atoms with E-state index in [4.69, 9.17) is 0 Å². The van der Waals surface area contributed by atoms with Gasteiger partial charge in [-0.25, -0.2) is 21.6 Å². The van der Waals surface area contributed by atoms with Gasteiger partial charge in [0.1, 0.15) is 0 Å². The van der Waals surface area contributed by atoms with E-state index >= 15 is 0 Å². The van der Waals surface area contributed by atoms with Gasteiger partial charge in [0.05, 0.1) is 16.4 Å². The molecule has 0 aliphatic carbocycles. The summed E-state index contributed by atoms with van der Waals surface area (Å²) in [4.78, 5) is 0.293. The second-order valence-electron chi connectivity index (χ2n) is 5.72. The fourth-order valence-electron chi connectivity index (χ4n) is 2.57. The van der Waals surface area contributed by atoms with Crippen LogP contribution in [0.25, 0.3) is 0 Å². The van der Waals surface area contributed by atoms with Crippen molar-refractivity contribution in [2.45, 2.75) is 31.6 Å². The van der Waals surface area contributed by atoms with Crippen molar-refractivity contribution in [3.05, 3.63) is 29.3 Å². The molecule has 0 aromatic heterocycles.